The molecule has 0 aliphatic carbocycles. The normalized spacial score (nSPS) is 8.00. The van der Waals surface area contributed by atoms with E-state index < -0.39 is 5.97 Å². The molecule has 0 unspecified atom stereocenters. The molecule has 0 aliphatic heterocycles. The molecule has 2 N–H and O–H groups in total. The van der Waals surface area contributed by atoms with Gasteiger partial charge in [-0.05, 0) is 0 Å². The maximum Gasteiger partial charge on any atom is 0.358 e. The third-order valence-corrected chi connectivity index (χ3v) is 0.634. The van der Waals surface area contributed by atoms with Gasteiger partial charge in [0.05, 0.1) is 6.20 Å². The average molecular weight is 310 g/mol. The summed E-state index contributed by atoms with van der Waals surface area (Å²) in [5.41, 5.74) is -0.0648. The van der Waals surface area contributed by atoms with Gasteiger partial charge in [-0.3, -0.25) is 0 Å². The molecule has 0 aliphatic rings. The number of aromatic carboxylic acids is 1. The minimum Gasteiger partial charge on any atom is -0.476 e. The zero-order chi connectivity index (χ0) is 5.98. The summed E-state index contributed by atoms with van der Waals surface area (Å²) in [7, 11) is 0. The Morgan fingerprint density at radius 3 is 2.67 bits per heavy atom. The van der Waals surface area contributed by atoms with Crippen LogP contribution in [0.2, 0.25) is 0 Å². The Kier molecular flexibility index (Phi) is 3.15. The summed E-state index contributed by atoms with van der Waals surface area (Å²) >= 11 is 0. The minimum absolute atomic E-state index is 0. The van der Waals surface area contributed by atoms with Gasteiger partial charge in [-0.25, -0.2) is 4.79 Å². The maximum absolute atomic E-state index is 9.94. The molecule has 0 saturated heterocycles. The van der Waals surface area contributed by atoms with E-state index in [4.69, 9.17) is 5.11 Å². The first-order chi connectivity index (χ1) is 3.80. The van der Waals surface area contributed by atoms with Crippen LogP contribution in [0.5, 0.6) is 0 Å². The molecule has 1 aromatic heterocycles. The van der Waals surface area contributed by atoms with Gasteiger partial charge in [-0.1, -0.05) is 0 Å². The third-order valence-electron chi connectivity index (χ3n) is 0.634. The molecule has 1 heterocycles. The molecule has 1 aromatic rings. The predicted octanol–water partition coefficient (Wildman–Crippen LogP) is -0.500. The van der Waals surface area contributed by atoms with E-state index >= 15 is 0 Å². The smallest absolute Gasteiger partial charge is 0.358 e. The van der Waals surface area contributed by atoms with Gasteiger partial charge in [0.15, 0.2) is 5.69 Å². The molecular weight excluding hydrogens is 307 g/mol. The second kappa shape index (κ2) is 3.39. The molecule has 0 amide bonds. The number of hydrogen-bond donors (Lipinski definition) is 2. The molecule has 5 nitrogen and oxygen atoms in total. The van der Waals surface area contributed by atoms with Crippen LogP contribution in [0.15, 0.2) is 6.20 Å². The minimum atomic E-state index is -1.07. The van der Waals surface area contributed by atoms with E-state index in [1.807, 2.05) is 0 Å². The molecular formula is C3H3AuN3O2. The zero-order valence-electron chi connectivity index (χ0n) is 4.13. The van der Waals surface area contributed by atoms with Gasteiger partial charge in [0.1, 0.15) is 0 Å². The zero-order valence-corrected chi connectivity index (χ0v) is 6.30. The van der Waals surface area contributed by atoms with Crippen molar-refractivity contribution in [3.05, 3.63) is 11.9 Å². The molecule has 0 bridgehead atoms. The molecule has 1 radical (unpaired) electrons. The monoisotopic (exact) mass is 310 g/mol. The van der Waals surface area contributed by atoms with Gasteiger partial charge in [0.2, 0.25) is 0 Å². The van der Waals surface area contributed by atoms with Gasteiger partial charge in [0.25, 0.3) is 0 Å². The van der Waals surface area contributed by atoms with Crippen molar-refractivity contribution in [2.24, 2.45) is 0 Å². The molecule has 0 atom stereocenters. The van der Waals surface area contributed by atoms with E-state index in [1.54, 1.807) is 0 Å². The summed E-state index contributed by atoms with van der Waals surface area (Å²) in [5, 5.41) is 16.9. The molecule has 6 heteroatoms. The summed E-state index contributed by atoms with van der Waals surface area (Å²) < 4.78 is 0. The number of nitrogens with one attached hydrogen (secondary N) is 1. The number of carboxylic acids is 1. The summed E-state index contributed by atoms with van der Waals surface area (Å²) in [5.74, 6) is -1.07. The number of carboxylic acid groups (broad SMARTS) is 1. The quantitative estimate of drug-likeness (QED) is 0.686. The Morgan fingerprint density at radius 2 is 2.44 bits per heavy atom. The van der Waals surface area contributed by atoms with Crippen LogP contribution < -0.4 is 0 Å². The Bertz CT molecular complexity index is 185. The van der Waals surface area contributed by atoms with Crippen LogP contribution in [0, 0.1) is 0 Å². The summed E-state index contributed by atoms with van der Waals surface area (Å²) in [6, 6.07) is 0. The van der Waals surface area contributed by atoms with Gasteiger partial charge in [-0.15, -0.1) is 5.10 Å². The van der Waals surface area contributed by atoms with Crippen molar-refractivity contribution in [1.29, 1.82) is 0 Å². The Balaban J connectivity index is 0.000000640. The van der Waals surface area contributed by atoms with E-state index in [-0.39, 0.29) is 28.1 Å². The Hall–Kier alpha value is -0.650. The average Bonchev–Trinajstić information content (AvgIpc) is 2.12. The summed E-state index contributed by atoms with van der Waals surface area (Å²) in [4.78, 5) is 9.94. The number of rotatable bonds is 1. The third kappa shape index (κ3) is 1.96. The second-order valence-electron chi connectivity index (χ2n) is 1.16. The van der Waals surface area contributed by atoms with E-state index in [2.05, 4.69) is 15.4 Å². The predicted molar refractivity (Wildman–Crippen MR) is 23.3 cm³/mol. The van der Waals surface area contributed by atoms with Crippen LogP contribution in [0.3, 0.4) is 0 Å². The molecule has 0 spiro atoms. The molecule has 0 saturated carbocycles. The SMILES string of the molecule is O=C(O)c1cn[nH]n1.[Au]. The Labute approximate surface area is 66.0 Å². The molecule has 0 aromatic carbocycles. The summed E-state index contributed by atoms with van der Waals surface area (Å²) in [6.45, 7) is 0. The van der Waals surface area contributed by atoms with Gasteiger partial charge < -0.3 is 5.11 Å². The molecule has 0 fully saturated rings. The Morgan fingerprint density at radius 1 is 1.78 bits per heavy atom. The number of hydrogen-bond acceptors (Lipinski definition) is 3. The standard InChI is InChI=1S/C3H3N3O2.Au/c7-3(8)2-1-4-6-5-2;/h1H,(H,7,8)(H,4,5,6);. The van der Waals surface area contributed by atoms with Gasteiger partial charge in [-0.2, -0.15) is 10.3 Å². The molecule has 1 rings (SSSR count). The van der Waals surface area contributed by atoms with E-state index in [9.17, 15) is 4.79 Å². The van der Waals surface area contributed by atoms with Crippen molar-refractivity contribution < 1.29 is 32.3 Å². The first-order valence-electron chi connectivity index (χ1n) is 1.90. The number of carbonyl (C=O) groups is 1. The fraction of sp³-hybridized carbons (Fsp3) is 0. The number of H-pyrrole nitrogens is 1. The van der Waals surface area contributed by atoms with Crippen molar-refractivity contribution in [2.75, 3.05) is 0 Å². The number of nitrogens with zero attached hydrogens (tertiary/aromatic N) is 2. The van der Waals surface area contributed by atoms with E-state index in [0.717, 1.165) is 6.20 Å². The first kappa shape index (κ1) is 8.35. The van der Waals surface area contributed by atoms with Crippen LogP contribution in [0.4, 0.5) is 0 Å². The van der Waals surface area contributed by atoms with Crippen LogP contribution in [0.1, 0.15) is 10.5 Å². The second-order valence-corrected chi connectivity index (χ2v) is 1.16. The van der Waals surface area contributed by atoms with Crippen LogP contribution in [-0.2, 0) is 22.4 Å². The van der Waals surface area contributed by atoms with Crippen molar-refractivity contribution in [2.45, 2.75) is 0 Å². The first-order valence-corrected chi connectivity index (χ1v) is 1.90. The van der Waals surface area contributed by atoms with Crippen molar-refractivity contribution in [3.8, 4) is 0 Å². The summed E-state index contributed by atoms with van der Waals surface area (Å²) in [6.07, 6.45) is 1.14. The van der Waals surface area contributed by atoms with Crippen molar-refractivity contribution >= 4 is 5.97 Å². The van der Waals surface area contributed by atoms with Crippen molar-refractivity contribution in [3.63, 3.8) is 0 Å². The van der Waals surface area contributed by atoms with Crippen LogP contribution >= 0.6 is 0 Å². The molecule has 9 heavy (non-hydrogen) atoms. The fourth-order valence-electron chi connectivity index (χ4n) is 0.305. The number of aromatic amines is 1. The van der Waals surface area contributed by atoms with E-state index in [1.165, 1.54) is 0 Å². The van der Waals surface area contributed by atoms with Gasteiger partial charge >= 0.3 is 5.97 Å². The largest absolute Gasteiger partial charge is 0.476 e. The number of aromatic nitrogens is 3. The maximum atomic E-state index is 9.94. The fourth-order valence-corrected chi connectivity index (χ4v) is 0.305. The van der Waals surface area contributed by atoms with Crippen LogP contribution in [-0.4, -0.2) is 26.5 Å². The topological polar surface area (TPSA) is 78.9 Å². The van der Waals surface area contributed by atoms with Crippen LogP contribution in [0.25, 0.3) is 0 Å². The van der Waals surface area contributed by atoms with E-state index in [0.29, 0.717) is 0 Å². The molecule has 53 valence electrons. The van der Waals surface area contributed by atoms with Gasteiger partial charge in [0, 0.05) is 22.4 Å². The van der Waals surface area contributed by atoms with Crippen molar-refractivity contribution in [1.82, 2.24) is 15.4 Å².